The lowest BCUT2D eigenvalue weighted by Crippen LogP contribution is -2.70. The van der Waals surface area contributed by atoms with Crippen LogP contribution in [-0.4, -0.2) is 94.8 Å². The number of amides is 1. The zero-order chi connectivity index (χ0) is 53.5. The van der Waals surface area contributed by atoms with E-state index in [9.17, 15) is 25.4 Å². The van der Waals surface area contributed by atoms with Crippen molar-refractivity contribution in [2.45, 2.75) is 140 Å². The number of hydrogen-bond donors (Lipinski definition) is 3. The van der Waals surface area contributed by atoms with E-state index in [1.807, 2.05) is 59.5 Å². The van der Waals surface area contributed by atoms with Crippen LogP contribution in [0, 0.1) is 27.9 Å². The van der Waals surface area contributed by atoms with E-state index in [0.29, 0.717) is 47.8 Å². The minimum absolute atomic E-state index is 0.00575. The Morgan fingerprint density at radius 1 is 0.816 bits per heavy atom. The van der Waals surface area contributed by atoms with Crippen LogP contribution in [0.1, 0.15) is 133 Å². The van der Waals surface area contributed by atoms with Crippen LogP contribution in [0.25, 0.3) is 11.1 Å². The molecule has 0 aromatic heterocycles. The van der Waals surface area contributed by atoms with Crippen molar-refractivity contribution >= 4 is 17.3 Å². The first-order valence-corrected chi connectivity index (χ1v) is 28.0. The molecule has 7 rings (SSSR count). The first-order valence-electron chi connectivity index (χ1n) is 28.0. The van der Waals surface area contributed by atoms with Gasteiger partial charge in [0.05, 0.1) is 43.0 Å². The second-order valence-corrected chi connectivity index (χ2v) is 20.5. The second-order valence-electron chi connectivity index (χ2n) is 20.5. The van der Waals surface area contributed by atoms with E-state index in [0.717, 1.165) is 73.6 Å². The number of fused-ring (bicyclic) bond motifs is 2. The number of carbonyl (C=O) groups excluding carboxylic acids is 1. The summed E-state index contributed by atoms with van der Waals surface area (Å²) >= 11 is 0. The minimum atomic E-state index is -1.47. The SMILES string of the molecule is C=CCOC12Oc3ccc(Oc4ccc(-c5ccccc5)cc4)cc3C3C(CCCCO)C(CCCCO)C=C(C(=NOCc4ccc([N+](=O)[O-])cc4)CC1N(CCOCCO)C(=O)CCCCCCCCCCC)C32. The molecular formula is C62H81N3O11. The molecule has 410 valence electrons. The third-order valence-corrected chi connectivity index (χ3v) is 15.3. The van der Waals surface area contributed by atoms with Crippen LogP contribution in [0.3, 0.4) is 0 Å². The van der Waals surface area contributed by atoms with Crippen molar-refractivity contribution in [3.05, 3.63) is 143 Å². The zero-order valence-corrected chi connectivity index (χ0v) is 44.6. The Kier molecular flexibility index (Phi) is 22.9. The highest BCUT2D eigenvalue weighted by Gasteiger charge is 2.65. The summed E-state index contributed by atoms with van der Waals surface area (Å²) in [6.07, 6.45) is 18.9. The highest BCUT2D eigenvalue weighted by Crippen LogP contribution is 2.62. The smallest absolute Gasteiger partial charge is 0.269 e. The van der Waals surface area contributed by atoms with Gasteiger partial charge in [0.25, 0.3) is 5.69 Å². The molecular weight excluding hydrogens is 963 g/mol. The molecule has 4 aromatic carbocycles. The van der Waals surface area contributed by atoms with Crippen LogP contribution in [0.2, 0.25) is 0 Å². The number of nitro groups is 1. The highest BCUT2D eigenvalue weighted by molar-refractivity contribution is 6.03. The lowest BCUT2D eigenvalue weighted by atomic mass is 9.55. The number of oxime groups is 1. The number of rotatable bonds is 34. The average Bonchev–Trinajstić information content (AvgIpc) is 3.45. The molecule has 14 nitrogen and oxygen atoms in total. The largest absolute Gasteiger partial charge is 0.459 e. The Morgan fingerprint density at radius 3 is 2.18 bits per heavy atom. The summed E-state index contributed by atoms with van der Waals surface area (Å²) in [7, 11) is 0. The van der Waals surface area contributed by atoms with Gasteiger partial charge in [0.1, 0.15) is 29.9 Å². The van der Waals surface area contributed by atoms with Gasteiger partial charge in [-0.2, -0.15) is 0 Å². The van der Waals surface area contributed by atoms with Crippen LogP contribution in [0.15, 0.2) is 127 Å². The Bertz CT molecular complexity index is 2480. The van der Waals surface area contributed by atoms with Gasteiger partial charge in [-0.05, 0) is 109 Å². The summed E-state index contributed by atoms with van der Waals surface area (Å²) in [6.45, 7) is 6.91. The first-order chi connectivity index (χ1) is 37.2. The Balaban J connectivity index is 1.34. The number of carbonyl (C=O) groups is 1. The molecule has 0 bridgehead atoms. The summed E-state index contributed by atoms with van der Waals surface area (Å²) in [4.78, 5) is 34.3. The molecule has 4 aromatic rings. The van der Waals surface area contributed by atoms with E-state index in [-0.39, 0.29) is 88.6 Å². The lowest BCUT2D eigenvalue weighted by Gasteiger charge is -2.60. The Morgan fingerprint density at radius 2 is 1.50 bits per heavy atom. The highest BCUT2D eigenvalue weighted by atomic mass is 16.7. The number of aliphatic hydroxyl groups is 3. The molecule has 1 fully saturated rings. The molecule has 76 heavy (non-hydrogen) atoms. The quantitative estimate of drug-likeness (QED) is 0.0175. The maximum atomic E-state index is 15.1. The summed E-state index contributed by atoms with van der Waals surface area (Å²) in [5.74, 6) is -0.445. The molecule has 1 aliphatic heterocycles. The molecule has 6 atom stereocenters. The van der Waals surface area contributed by atoms with Gasteiger partial charge in [0.15, 0.2) is 0 Å². The molecule has 2 aliphatic carbocycles. The van der Waals surface area contributed by atoms with Crippen LogP contribution >= 0.6 is 0 Å². The van der Waals surface area contributed by atoms with Crippen LogP contribution in [0.5, 0.6) is 17.2 Å². The standard InChI is InChI=1S/C62H81N3O11/c1-3-5-6-7-8-9-10-11-15-24-59(69)64(35-40-72-41-38-68)58-44-56(63-74-45-46-25-29-50(30-26-46)65(70)71)54-42-49(22-16-18-36-66)53(23-17-19-37-67)60-55-43-52(33-34-57(55)76-62(58,61(54)60)73-39-4-2)75-51-31-27-48(28-32-51)47-20-13-12-14-21-47/h4,12-14,20-21,25-34,42-43,49,53,58,60-61,66-68H,2-3,5-11,15-19,22-24,35-41,44-45H2,1H3. The molecule has 0 saturated heterocycles. The topological polar surface area (TPSA) is 183 Å². The molecule has 14 heteroatoms. The zero-order valence-electron chi connectivity index (χ0n) is 44.6. The monoisotopic (exact) mass is 1040 g/mol. The van der Waals surface area contributed by atoms with Gasteiger partial charge in [-0.3, -0.25) is 14.9 Å². The van der Waals surface area contributed by atoms with Crippen molar-refractivity contribution in [2.24, 2.45) is 22.9 Å². The van der Waals surface area contributed by atoms with Crippen molar-refractivity contribution in [3.8, 4) is 28.4 Å². The number of nitrogens with zero attached hydrogens (tertiary/aromatic N) is 3. The first kappa shape index (κ1) is 57.8. The molecule has 0 spiro atoms. The predicted octanol–water partition coefficient (Wildman–Crippen LogP) is 12.6. The van der Waals surface area contributed by atoms with Gasteiger partial charge in [-0.25, -0.2) is 0 Å². The molecule has 0 radical (unpaired) electrons. The predicted molar refractivity (Wildman–Crippen MR) is 296 cm³/mol. The van der Waals surface area contributed by atoms with Crippen LogP contribution in [-0.2, 0) is 25.7 Å². The number of ether oxygens (including phenoxy) is 4. The van der Waals surface area contributed by atoms with Crippen molar-refractivity contribution in [1.29, 1.82) is 0 Å². The minimum Gasteiger partial charge on any atom is -0.459 e. The van der Waals surface area contributed by atoms with E-state index in [1.165, 1.54) is 44.2 Å². The van der Waals surface area contributed by atoms with Gasteiger partial charge < -0.3 is 44.0 Å². The number of benzene rings is 4. The number of non-ortho nitro benzene ring substituents is 1. The van der Waals surface area contributed by atoms with Crippen molar-refractivity contribution in [1.82, 2.24) is 4.90 Å². The van der Waals surface area contributed by atoms with E-state index >= 15 is 4.79 Å². The van der Waals surface area contributed by atoms with E-state index < -0.39 is 22.7 Å². The molecule has 3 N–H and O–H groups in total. The molecule has 6 unspecified atom stereocenters. The van der Waals surface area contributed by atoms with Gasteiger partial charge in [0, 0.05) is 56.2 Å². The Labute approximate surface area is 449 Å². The number of nitro benzene ring substituents is 1. The molecule has 1 saturated carbocycles. The number of hydrogen-bond acceptors (Lipinski definition) is 12. The third-order valence-electron chi connectivity index (χ3n) is 15.3. The summed E-state index contributed by atoms with van der Waals surface area (Å²) in [5, 5.41) is 46.4. The number of unbranched alkanes of at least 4 members (excludes halogenated alkanes) is 10. The van der Waals surface area contributed by atoms with Gasteiger partial charge in [0.2, 0.25) is 11.7 Å². The maximum absolute atomic E-state index is 15.1. The lowest BCUT2D eigenvalue weighted by molar-refractivity contribution is -0.384. The Hall–Kier alpha value is -5.90. The van der Waals surface area contributed by atoms with Crippen molar-refractivity contribution < 1.29 is 48.8 Å². The van der Waals surface area contributed by atoms with E-state index in [2.05, 4.69) is 37.8 Å². The molecule has 1 amide bonds. The summed E-state index contributed by atoms with van der Waals surface area (Å²) < 4.78 is 27.3. The van der Waals surface area contributed by atoms with Gasteiger partial charge in [-0.15, -0.1) is 6.58 Å². The van der Waals surface area contributed by atoms with E-state index in [4.69, 9.17) is 28.9 Å². The van der Waals surface area contributed by atoms with Crippen molar-refractivity contribution in [3.63, 3.8) is 0 Å². The molecule has 1 heterocycles. The third kappa shape index (κ3) is 15.2. The number of aliphatic hydroxyl groups excluding tert-OH is 3. The van der Waals surface area contributed by atoms with Crippen LogP contribution < -0.4 is 9.47 Å². The fourth-order valence-electron chi connectivity index (χ4n) is 11.6. The fourth-order valence-corrected chi connectivity index (χ4v) is 11.6. The van der Waals surface area contributed by atoms with Crippen LogP contribution in [0.4, 0.5) is 5.69 Å². The second kappa shape index (κ2) is 30.1. The fraction of sp³-hybridized carbons (Fsp3) is 0.516. The van der Waals surface area contributed by atoms with Gasteiger partial charge >= 0.3 is 0 Å². The summed E-state index contributed by atoms with van der Waals surface area (Å²) in [6, 6.07) is 29.6. The van der Waals surface area contributed by atoms with Crippen molar-refractivity contribution in [2.75, 3.05) is 46.2 Å². The van der Waals surface area contributed by atoms with E-state index in [1.54, 1.807) is 18.2 Å². The summed E-state index contributed by atoms with van der Waals surface area (Å²) in [5.41, 5.74) is 5.30. The average molecular weight is 1040 g/mol. The molecule has 3 aliphatic rings. The normalized spacial score (nSPS) is 21.0. The number of allylic oxidation sites excluding steroid dienone is 1. The maximum Gasteiger partial charge on any atom is 0.269 e. The van der Waals surface area contributed by atoms with Gasteiger partial charge in [-0.1, -0.05) is 131 Å².